The Hall–Kier alpha value is -2.21. The Morgan fingerprint density at radius 2 is 1.56 bits per heavy atom. The molecular formula is C30H43F2NO3. The summed E-state index contributed by atoms with van der Waals surface area (Å²) in [4.78, 5) is 12.0. The minimum Gasteiger partial charge on any atom is -0.490 e. The molecule has 1 unspecified atom stereocenters. The molecule has 0 heterocycles. The predicted octanol–water partition coefficient (Wildman–Crippen LogP) is 7.84. The second kappa shape index (κ2) is 11.0. The zero-order valence-corrected chi connectivity index (χ0v) is 22.9. The first-order valence-corrected chi connectivity index (χ1v) is 13.2. The maximum atomic E-state index is 14.5. The molecule has 2 aromatic carbocycles. The minimum absolute atomic E-state index is 0.0236. The lowest BCUT2D eigenvalue weighted by Gasteiger charge is -2.37. The number of halogens is 2. The Labute approximate surface area is 215 Å². The van der Waals surface area contributed by atoms with Crippen molar-refractivity contribution in [1.82, 2.24) is 5.32 Å². The third-order valence-corrected chi connectivity index (χ3v) is 6.98. The molecule has 4 nitrogen and oxygen atoms in total. The highest BCUT2D eigenvalue weighted by Crippen LogP contribution is 2.39. The number of hydrogen-bond donors (Lipinski definition) is 1. The quantitative estimate of drug-likeness (QED) is 0.373. The van der Waals surface area contributed by atoms with Crippen molar-refractivity contribution in [2.45, 2.75) is 104 Å². The zero-order chi connectivity index (χ0) is 26.7. The van der Waals surface area contributed by atoms with E-state index in [4.69, 9.17) is 9.47 Å². The summed E-state index contributed by atoms with van der Waals surface area (Å²) in [5.41, 5.74) is 0.217. The normalized spacial score (nSPS) is 20.2. The van der Waals surface area contributed by atoms with Crippen molar-refractivity contribution >= 4 is 16.7 Å². The van der Waals surface area contributed by atoms with E-state index in [1.165, 1.54) is 12.8 Å². The number of carbonyl (C=O) groups is 1. The van der Waals surface area contributed by atoms with Crippen molar-refractivity contribution in [1.29, 1.82) is 0 Å². The van der Waals surface area contributed by atoms with Crippen LogP contribution in [0.15, 0.2) is 36.4 Å². The van der Waals surface area contributed by atoms with Crippen LogP contribution >= 0.6 is 0 Å². The van der Waals surface area contributed by atoms with E-state index in [9.17, 15) is 13.6 Å². The average molecular weight is 504 g/mol. The molecule has 36 heavy (non-hydrogen) atoms. The highest BCUT2D eigenvalue weighted by Gasteiger charge is 2.35. The van der Waals surface area contributed by atoms with Crippen LogP contribution in [0.5, 0.6) is 5.75 Å². The van der Waals surface area contributed by atoms with E-state index >= 15 is 0 Å². The van der Waals surface area contributed by atoms with Crippen LogP contribution in [-0.2, 0) is 9.53 Å². The van der Waals surface area contributed by atoms with Crippen molar-refractivity contribution in [2.24, 2.45) is 11.3 Å². The summed E-state index contributed by atoms with van der Waals surface area (Å²) in [7, 11) is 0. The van der Waals surface area contributed by atoms with Gasteiger partial charge in [-0.1, -0.05) is 39.0 Å². The van der Waals surface area contributed by atoms with E-state index in [0.717, 1.165) is 42.2 Å². The number of esters is 1. The fourth-order valence-corrected chi connectivity index (χ4v) is 5.04. The van der Waals surface area contributed by atoms with E-state index in [1.54, 1.807) is 32.9 Å². The second-order valence-corrected chi connectivity index (χ2v) is 12.4. The van der Waals surface area contributed by atoms with Crippen molar-refractivity contribution in [2.75, 3.05) is 6.54 Å². The van der Waals surface area contributed by atoms with E-state index < -0.39 is 23.5 Å². The molecule has 0 aliphatic heterocycles. The lowest BCUT2D eigenvalue weighted by atomic mass is 9.72. The number of benzene rings is 2. The summed E-state index contributed by atoms with van der Waals surface area (Å²) in [6.07, 6.45) is 4.72. The molecule has 0 radical (unpaired) electrons. The van der Waals surface area contributed by atoms with Gasteiger partial charge in [0, 0.05) is 13.5 Å². The summed E-state index contributed by atoms with van der Waals surface area (Å²) < 4.78 is 40.6. The predicted molar refractivity (Wildman–Crippen MR) is 142 cm³/mol. The second-order valence-electron chi connectivity index (χ2n) is 12.4. The van der Waals surface area contributed by atoms with Crippen LogP contribution in [0, 0.1) is 11.3 Å². The third-order valence-electron chi connectivity index (χ3n) is 6.98. The van der Waals surface area contributed by atoms with Crippen LogP contribution in [0.25, 0.3) is 10.8 Å². The summed E-state index contributed by atoms with van der Waals surface area (Å²) in [6.45, 7) is 13.3. The number of alkyl halides is 2. The third kappa shape index (κ3) is 8.16. The first kappa shape index (κ1) is 28.4. The Bertz CT molecular complexity index is 1030. The summed E-state index contributed by atoms with van der Waals surface area (Å²) >= 11 is 0. The van der Waals surface area contributed by atoms with E-state index in [-0.39, 0.29) is 19.1 Å². The summed E-state index contributed by atoms with van der Waals surface area (Å²) in [5, 5.41) is 4.69. The van der Waals surface area contributed by atoms with Gasteiger partial charge in [0.15, 0.2) is 0 Å². The number of ether oxygens (including phenoxy) is 2. The van der Waals surface area contributed by atoms with Gasteiger partial charge < -0.3 is 14.8 Å². The Morgan fingerprint density at radius 1 is 0.944 bits per heavy atom. The molecule has 0 amide bonds. The maximum absolute atomic E-state index is 14.5. The van der Waals surface area contributed by atoms with E-state index in [2.05, 4.69) is 26.1 Å². The van der Waals surface area contributed by atoms with E-state index in [1.807, 2.05) is 24.3 Å². The topological polar surface area (TPSA) is 47.6 Å². The minimum atomic E-state index is -3.00. The van der Waals surface area contributed by atoms with Crippen molar-refractivity contribution in [3.8, 4) is 5.75 Å². The highest BCUT2D eigenvalue weighted by molar-refractivity contribution is 5.84. The van der Waals surface area contributed by atoms with Gasteiger partial charge in [-0.2, -0.15) is 0 Å². The first-order valence-electron chi connectivity index (χ1n) is 13.2. The molecule has 1 saturated carbocycles. The average Bonchev–Trinajstić information content (AvgIpc) is 2.74. The summed E-state index contributed by atoms with van der Waals surface area (Å²) in [5.74, 6) is -1.86. The molecule has 1 atom stereocenters. The van der Waals surface area contributed by atoms with Gasteiger partial charge in [0.2, 0.25) is 0 Å². The van der Waals surface area contributed by atoms with Gasteiger partial charge in [-0.15, -0.1) is 0 Å². The molecule has 6 heteroatoms. The molecule has 0 spiro atoms. The molecule has 1 N–H and O–H groups in total. The zero-order valence-electron chi connectivity index (χ0n) is 22.9. The number of nitrogens with one attached hydrogen (secondary N) is 1. The van der Waals surface area contributed by atoms with Crippen molar-refractivity contribution in [3.63, 3.8) is 0 Å². The van der Waals surface area contributed by atoms with Gasteiger partial charge in [0.1, 0.15) is 11.4 Å². The van der Waals surface area contributed by atoms with Crippen molar-refractivity contribution < 1.29 is 23.0 Å². The Morgan fingerprint density at radius 3 is 2.14 bits per heavy atom. The fraction of sp³-hybridized carbons (Fsp3) is 0.633. The van der Waals surface area contributed by atoms with Crippen LogP contribution in [0.2, 0.25) is 0 Å². The smallest absolute Gasteiger partial charge is 0.307 e. The van der Waals surface area contributed by atoms with Crippen LogP contribution in [0.3, 0.4) is 0 Å². The van der Waals surface area contributed by atoms with Crippen molar-refractivity contribution in [3.05, 3.63) is 42.0 Å². The SMILES string of the molecule is CC(C)(C)OC(=O)CCNC(c1ccc2cc(OC3CCC(C(C)(C)C)CC3)ccc2c1)C(C)(F)F. The molecule has 1 aliphatic rings. The number of hydrogen-bond acceptors (Lipinski definition) is 4. The molecule has 0 saturated heterocycles. The van der Waals surface area contributed by atoms with Crippen LogP contribution in [0.4, 0.5) is 8.78 Å². The van der Waals surface area contributed by atoms with Crippen LogP contribution < -0.4 is 10.1 Å². The maximum Gasteiger partial charge on any atom is 0.307 e. The van der Waals surface area contributed by atoms with Gasteiger partial charge in [-0.3, -0.25) is 4.79 Å². The van der Waals surface area contributed by atoms with Crippen LogP contribution in [0.1, 0.15) is 92.2 Å². The molecule has 3 rings (SSSR count). The Balaban J connectivity index is 1.65. The molecule has 0 bridgehead atoms. The van der Waals surface area contributed by atoms with Gasteiger partial charge in [0.25, 0.3) is 5.92 Å². The van der Waals surface area contributed by atoms with Gasteiger partial charge in [-0.25, -0.2) is 8.78 Å². The monoisotopic (exact) mass is 503 g/mol. The molecule has 200 valence electrons. The fourth-order valence-electron chi connectivity index (χ4n) is 5.04. The molecular weight excluding hydrogens is 460 g/mol. The van der Waals surface area contributed by atoms with Gasteiger partial charge >= 0.3 is 5.97 Å². The largest absolute Gasteiger partial charge is 0.490 e. The van der Waals surface area contributed by atoms with E-state index in [0.29, 0.717) is 11.0 Å². The first-order chi connectivity index (χ1) is 16.6. The number of fused-ring (bicyclic) bond motifs is 1. The standard InChI is InChI=1S/C30H43F2NO3/c1-28(2,3)23-11-14-24(15-12-23)35-25-13-10-20-18-22(9-8-21(20)19-25)27(30(7,31)32)33-17-16-26(34)36-29(4,5)6/h8-10,13,18-19,23-24,27,33H,11-12,14-17H2,1-7H3. The van der Waals surface area contributed by atoms with Crippen LogP contribution in [-0.4, -0.2) is 30.1 Å². The van der Waals surface area contributed by atoms with Gasteiger partial charge in [-0.05, 0) is 92.3 Å². The lowest BCUT2D eigenvalue weighted by molar-refractivity contribution is -0.154. The number of carbonyl (C=O) groups excluding carboxylic acids is 1. The number of rotatable bonds is 8. The molecule has 2 aromatic rings. The lowest BCUT2D eigenvalue weighted by Crippen LogP contribution is -2.36. The molecule has 0 aromatic heterocycles. The van der Waals surface area contributed by atoms with Gasteiger partial charge in [0.05, 0.1) is 18.6 Å². The Kier molecular flexibility index (Phi) is 8.70. The molecule has 1 fully saturated rings. The summed E-state index contributed by atoms with van der Waals surface area (Å²) in [6, 6.07) is 10.0. The molecule has 1 aliphatic carbocycles. The highest BCUT2D eigenvalue weighted by atomic mass is 19.3.